The first-order valence-electron chi connectivity index (χ1n) is 11.0. The zero-order valence-corrected chi connectivity index (χ0v) is 25.2. The lowest BCUT2D eigenvalue weighted by Gasteiger charge is -2.26. The molecular weight excluding hydrogens is 700 g/mol. The number of rotatable bonds is 6. The topological polar surface area (TPSA) is 105 Å². The van der Waals surface area contributed by atoms with Crippen molar-refractivity contribution in [1.29, 1.82) is 0 Å². The maximum atomic E-state index is 13.2. The van der Waals surface area contributed by atoms with Crippen LogP contribution in [0.1, 0.15) is 11.1 Å². The zero-order chi connectivity index (χ0) is 28.4. The Morgan fingerprint density at radius 3 is 2.31 bits per heavy atom. The minimum atomic E-state index is -0.882. The molecular formula is C26H16Br2Cl3N3O5. The molecule has 13 heteroatoms. The highest BCUT2D eigenvalue weighted by Crippen LogP contribution is 2.36. The van der Waals surface area contributed by atoms with E-state index in [0.717, 1.165) is 10.5 Å². The molecule has 1 fully saturated rings. The lowest BCUT2D eigenvalue weighted by molar-refractivity contribution is -0.122. The molecule has 8 nitrogen and oxygen atoms in total. The summed E-state index contributed by atoms with van der Waals surface area (Å²) in [5, 5.41) is 5.85. The van der Waals surface area contributed by atoms with E-state index in [1.54, 1.807) is 43.3 Å². The van der Waals surface area contributed by atoms with Crippen LogP contribution >= 0.6 is 66.7 Å². The number of amides is 5. The van der Waals surface area contributed by atoms with Crippen LogP contribution in [0, 0.1) is 6.92 Å². The van der Waals surface area contributed by atoms with Gasteiger partial charge >= 0.3 is 6.03 Å². The lowest BCUT2D eigenvalue weighted by atomic mass is 10.1. The summed E-state index contributed by atoms with van der Waals surface area (Å²) in [6.45, 7) is 1.46. The molecule has 1 heterocycles. The number of carbonyl (C=O) groups excluding carboxylic acids is 4. The van der Waals surface area contributed by atoms with Gasteiger partial charge in [0.1, 0.15) is 11.3 Å². The van der Waals surface area contributed by atoms with E-state index in [2.05, 4.69) is 42.5 Å². The smallest absolute Gasteiger partial charge is 0.335 e. The average Bonchev–Trinajstić information content (AvgIpc) is 2.85. The maximum Gasteiger partial charge on any atom is 0.335 e. The molecule has 1 aliphatic rings. The Kier molecular flexibility index (Phi) is 9.03. The molecule has 0 atom stereocenters. The SMILES string of the molecule is Cc1ccc(N2C(=O)NC(=O)/C(=C\c3cc(Br)c(OCC(=O)Nc4ccc(Cl)c(Cl)c4)c(Br)c3)C2=O)cc1Cl. The summed E-state index contributed by atoms with van der Waals surface area (Å²) in [4.78, 5) is 51.4. The van der Waals surface area contributed by atoms with Crippen LogP contribution in [-0.2, 0) is 14.4 Å². The van der Waals surface area contributed by atoms with E-state index in [1.807, 2.05) is 0 Å². The molecule has 0 bridgehead atoms. The summed E-state index contributed by atoms with van der Waals surface area (Å²) in [5.41, 5.74) is 1.61. The predicted molar refractivity (Wildman–Crippen MR) is 158 cm³/mol. The van der Waals surface area contributed by atoms with Gasteiger partial charge in [-0.3, -0.25) is 19.7 Å². The largest absolute Gasteiger partial charge is 0.481 e. The van der Waals surface area contributed by atoms with E-state index in [4.69, 9.17) is 39.5 Å². The molecule has 0 saturated carbocycles. The van der Waals surface area contributed by atoms with Gasteiger partial charge in [-0.25, -0.2) is 9.69 Å². The van der Waals surface area contributed by atoms with Crippen molar-refractivity contribution in [3.8, 4) is 5.75 Å². The van der Waals surface area contributed by atoms with Crippen LogP contribution in [0.5, 0.6) is 5.75 Å². The van der Waals surface area contributed by atoms with Gasteiger partial charge in [-0.2, -0.15) is 0 Å². The number of hydrogen-bond acceptors (Lipinski definition) is 5. The monoisotopic (exact) mass is 713 g/mol. The average molecular weight is 717 g/mol. The first-order chi connectivity index (χ1) is 18.4. The third kappa shape index (κ3) is 6.64. The molecule has 1 aliphatic heterocycles. The van der Waals surface area contributed by atoms with Gasteiger partial charge in [0.25, 0.3) is 17.7 Å². The van der Waals surface area contributed by atoms with E-state index in [-0.39, 0.29) is 17.9 Å². The number of nitrogens with zero attached hydrogens (tertiary/aromatic N) is 1. The van der Waals surface area contributed by atoms with Crippen molar-refractivity contribution in [2.24, 2.45) is 0 Å². The number of benzene rings is 3. The minimum absolute atomic E-state index is 0.219. The summed E-state index contributed by atoms with van der Waals surface area (Å²) < 4.78 is 6.53. The Bertz CT molecular complexity index is 1560. The second-order valence-electron chi connectivity index (χ2n) is 8.17. The molecule has 3 aromatic rings. The number of barbiturate groups is 1. The molecule has 4 rings (SSSR count). The van der Waals surface area contributed by atoms with Crippen LogP contribution in [0.4, 0.5) is 16.2 Å². The number of halogens is 5. The number of nitrogens with one attached hydrogen (secondary N) is 2. The van der Waals surface area contributed by atoms with Gasteiger partial charge in [0.05, 0.1) is 24.7 Å². The number of aryl methyl sites for hydroxylation is 1. The summed E-state index contributed by atoms with van der Waals surface area (Å²) in [7, 11) is 0. The van der Waals surface area contributed by atoms with Crippen molar-refractivity contribution in [3.05, 3.63) is 89.2 Å². The van der Waals surface area contributed by atoms with Crippen LogP contribution in [-0.4, -0.2) is 30.4 Å². The van der Waals surface area contributed by atoms with Crippen molar-refractivity contribution in [2.45, 2.75) is 6.92 Å². The van der Waals surface area contributed by atoms with Crippen LogP contribution < -0.4 is 20.3 Å². The van der Waals surface area contributed by atoms with Gasteiger partial charge < -0.3 is 10.1 Å². The minimum Gasteiger partial charge on any atom is -0.481 e. The maximum absolute atomic E-state index is 13.2. The first-order valence-corrected chi connectivity index (χ1v) is 13.7. The van der Waals surface area contributed by atoms with Gasteiger partial charge in [-0.1, -0.05) is 40.9 Å². The number of urea groups is 1. The molecule has 2 N–H and O–H groups in total. The van der Waals surface area contributed by atoms with E-state index in [1.165, 1.54) is 18.2 Å². The van der Waals surface area contributed by atoms with Crippen molar-refractivity contribution in [3.63, 3.8) is 0 Å². The molecule has 0 aliphatic carbocycles. The fraction of sp³-hybridized carbons (Fsp3) is 0.0769. The molecule has 0 unspecified atom stereocenters. The Hall–Kier alpha value is -2.89. The van der Waals surface area contributed by atoms with Gasteiger partial charge in [0, 0.05) is 10.7 Å². The molecule has 3 aromatic carbocycles. The molecule has 0 spiro atoms. The molecule has 0 aromatic heterocycles. The molecule has 1 saturated heterocycles. The van der Waals surface area contributed by atoms with Crippen LogP contribution in [0.3, 0.4) is 0 Å². The summed E-state index contributed by atoms with van der Waals surface area (Å²) in [6, 6.07) is 11.7. The first kappa shape index (κ1) is 29.1. The van der Waals surface area contributed by atoms with Crippen molar-refractivity contribution >= 4 is 108 Å². The highest BCUT2D eigenvalue weighted by molar-refractivity contribution is 9.11. The molecule has 39 heavy (non-hydrogen) atoms. The highest BCUT2D eigenvalue weighted by atomic mass is 79.9. The van der Waals surface area contributed by atoms with Crippen LogP contribution in [0.25, 0.3) is 6.08 Å². The molecule has 5 amide bonds. The second-order valence-corrected chi connectivity index (χ2v) is 11.1. The van der Waals surface area contributed by atoms with E-state index >= 15 is 0 Å². The Labute approximate surface area is 254 Å². The van der Waals surface area contributed by atoms with Crippen molar-refractivity contribution < 1.29 is 23.9 Å². The fourth-order valence-corrected chi connectivity index (χ4v) is 5.41. The van der Waals surface area contributed by atoms with Gasteiger partial charge in [-0.15, -0.1) is 0 Å². The van der Waals surface area contributed by atoms with Crippen molar-refractivity contribution in [2.75, 3.05) is 16.8 Å². The number of hydrogen-bond donors (Lipinski definition) is 2. The Morgan fingerprint density at radius 1 is 0.974 bits per heavy atom. The summed E-state index contributed by atoms with van der Waals surface area (Å²) >= 11 is 24.8. The van der Waals surface area contributed by atoms with Crippen molar-refractivity contribution in [1.82, 2.24) is 5.32 Å². The standard InChI is InChI=1S/C26H16Br2Cl3N3O5/c1-12-2-4-15(10-20(12)30)34-25(37)16(24(36)33-26(34)38)6-13-7-17(27)23(18(28)8-13)39-11-22(35)32-14-3-5-19(29)21(31)9-14/h2-10H,11H2,1H3,(H,32,35)(H,33,36,38)/b16-6+. The predicted octanol–water partition coefficient (Wildman–Crippen LogP) is 7.16. The quantitative estimate of drug-likeness (QED) is 0.208. The Balaban J connectivity index is 1.52. The summed E-state index contributed by atoms with van der Waals surface area (Å²) in [6.07, 6.45) is 1.34. The molecule has 0 radical (unpaired) electrons. The second kappa shape index (κ2) is 12.1. The van der Waals surface area contributed by atoms with Gasteiger partial charge in [0.2, 0.25) is 0 Å². The molecule has 200 valence electrons. The van der Waals surface area contributed by atoms with E-state index in [9.17, 15) is 19.2 Å². The van der Waals surface area contributed by atoms with E-state index < -0.39 is 23.8 Å². The number of imide groups is 2. The normalized spacial score (nSPS) is 14.5. The third-order valence-corrected chi connectivity index (χ3v) is 7.72. The van der Waals surface area contributed by atoms with Gasteiger partial charge in [0.15, 0.2) is 6.61 Å². The lowest BCUT2D eigenvalue weighted by Crippen LogP contribution is -2.54. The third-order valence-electron chi connectivity index (χ3n) is 5.40. The summed E-state index contributed by atoms with van der Waals surface area (Å²) in [5.74, 6) is -1.78. The zero-order valence-electron chi connectivity index (χ0n) is 19.8. The van der Waals surface area contributed by atoms with Gasteiger partial charge in [-0.05, 0) is 98.5 Å². The van der Waals surface area contributed by atoms with Crippen LogP contribution in [0.15, 0.2) is 63.0 Å². The Morgan fingerprint density at radius 2 is 1.67 bits per heavy atom. The van der Waals surface area contributed by atoms with Crippen LogP contribution in [0.2, 0.25) is 15.1 Å². The number of anilines is 2. The fourth-order valence-electron chi connectivity index (χ4n) is 3.49. The highest BCUT2D eigenvalue weighted by Gasteiger charge is 2.37. The number of ether oxygens (including phenoxy) is 1. The number of carbonyl (C=O) groups is 4. The van der Waals surface area contributed by atoms with E-state index in [0.29, 0.717) is 41.0 Å².